The molecule has 1 heterocycles. The van der Waals surface area contributed by atoms with Gasteiger partial charge in [-0.05, 0) is 40.5 Å². The molecule has 0 spiro atoms. The van der Waals surface area contributed by atoms with Gasteiger partial charge in [0.25, 0.3) is 0 Å². The topological polar surface area (TPSA) is 29.3 Å². The Morgan fingerprint density at radius 1 is 1.39 bits per heavy atom. The van der Waals surface area contributed by atoms with E-state index in [0.717, 1.165) is 4.47 Å². The first kappa shape index (κ1) is 13.6. The van der Waals surface area contributed by atoms with Gasteiger partial charge in [-0.1, -0.05) is 18.2 Å². The van der Waals surface area contributed by atoms with Crippen LogP contribution in [-0.2, 0) is 0 Å². The third-order valence-corrected chi connectivity index (χ3v) is 4.90. The molecule has 1 aromatic carbocycles. The highest BCUT2D eigenvalue weighted by atomic mass is 79.9. The van der Waals surface area contributed by atoms with Crippen LogP contribution < -0.4 is 10.6 Å². The van der Waals surface area contributed by atoms with E-state index in [9.17, 15) is 0 Å². The molecule has 0 saturated heterocycles. The zero-order valence-corrected chi connectivity index (χ0v) is 13.0. The van der Waals surface area contributed by atoms with Crippen molar-refractivity contribution < 1.29 is 0 Å². The minimum atomic E-state index is 0.224. The van der Waals surface area contributed by atoms with Crippen LogP contribution in [0.5, 0.6) is 0 Å². The second-order valence-electron chi connectivity index (χ2n) is 4.32. The highest BCUT2D eigenvalue weighted by molar-refractivity contribution is 9.10. The summed E-state index contributed by atoms with van der Waals surface area (Å²) in [6.07, 6.45) is 0. The van der Waals surface area contributed by atoms with E-state index in [1.165, 1.54) is 16.1 Å². The first-order chi connectivity index (χ1) is 8.63. The number of benzene rings is 1. The van der Waals surface area contributed by atoms with Crippen LogP contribution in [0, 0.1) is 6.92 Å². The zero-order valence-electron chi connectivity index (χ0n) is 10.6. The quantitative estimate of drug-likeness (QED) is 0.922. The van der Waals surface area contributed by atoms with Gasteiger partial charge in [0.2, 0.25) is 0 Å². The Kier molecular flexibility index (Phi) is 4.43. The number of aryl methyl sites for hydroxylation is 1. The minimum Gasteiger partial charge on any atom is -0.365 e. The fourth-order valence-electron chi connectivity index (χ4n) is 2.10. The van der Waals surface area contributed by atoms with E-state index in [2.05, 4.69) is 70.5 Å². The summed E-state index contributed by atoms with van der Waals surface area (Å²) in [6.45, 7) is 2.74. The Bertz CT molecular complexity index is 524. The Morgan fingerprint density at radius 2 is 2.11 bits per heavy atom. The Morgan fingerprint density at radius 3 is 2.67 bits per heavy atom. The molecule has 1 atom stereocenters. The van der Waals surface area contributed by atoms with Crippen LogP contribution in [0.2, 0.25) is 0 Å². The number of likely N-dealkylation sites (N-methyl/N-ethyl adjacent to an activating group) is 1. The number of thiophene rings is 1. The normalized spacial score (nSPS) is 12.4. The average molecular weight is 325 g/mol. The highest BCUT2D eigenvalue weighted by Crippen LogP contribution is 2.32. The predicted molar refractivity (Wildman–Crippen MR) is 83.4 cm³/mol. The van der Waals surface area contributed by atoms with Crippen molar-refractivity contribution >= 4 is 33.0 Å². The molecule has 2 nitrogen and oxygen atoms in total. The summed E-state index contributed by atoms with van der Waals surface area (Å²) in [5.41, 5.74) is 8.46. The average Bonchev–Trinajstić information content (AvgIpc) is 2.77. The summed E-state index contributed by atoms with van der Waals surface area (Å²) in [6, 6.07) is 10.8. The number of nitrogens with zero attached hydrogens (tertiary/aromatic N) is 1. The fourth-order valence-corrected chi connectivity index (χ4v) is 3.70. The molecule has 0 bridgehead atoms. The number of rotatable bonds is 4. The lowest BCUT2D eigenvalue weighted by atomic mass is 10.1. The van der Waals surface area contributed by atoms with Crippen LogP contribution in [-0.4, -0.2) is 13.6 Å². The van der Waals surface area contributed by atoms with Crippen LogP contribution in [0.25, 0.3) is 0 Å². The van der Waals surface area contributed by atoms with Gasteiger partial charge in [-0.25, -0.2) is 0 Å². The van der Waals surface area contributed by atoms with Crippen LogP contribution >= 0.6 is 27.3 Å². The maximum atomic E-state index is 5.95. The number of hydrogen-bond donors (Lipinski definition) is 1. The molecular weight excluding hydrogens is 308 g/mol. The molecule has 1 unspecified atom stereocenters. The maximum Gasteiger partial charge on any atom is 0.0754 e. The van der Waals surface area contributed by atoms with Gasteiger partial charge in [0.05, 0.1) is 6.04 Å². The Hall–Kier alpha value is -0.840. The number of halogens is 1. The molecule has 1 aromatic heterocycles. The summed E-state index contributed by atoms with van der Waals surface area (Å²) in [5, 5.41) is 2.10. The Balaban J connectivity index is 2.31. The van der Waals surface area contributed by atoms with E-state index in [1.54, 1.807) is 11.3 Å². The molecule has 4 heteroatoms. The van der Waals surface area contributed by atoms with E-state index < -0.39 is 0 Å². The van der Waals surface area contributed by atoms with Gasteiger partial charge in [-0.2, -0.15) is 0 Å². The lowest BCUT2D eigenvalue weighted by Gasteiger charge is -2.29. The number of anilines is 1. The summed E-state index contributed by atoms with van der Waals surface area (Å²) in [5.74, 6) is 0. The SMILES string of the molecule is Cc1ccccc1N(C)C(CN)c1cc(Br)cs1. The lowest BCUT2D eigenvalue weighted by Crippen LogP contribution is -2.30. The van der Waals surface area contributed by atoms with Crippen molar-refractivity contribution in [2.24, 2.45) is 5.73 Å². The predicted octanol–water partition coefficient (Wildman–Crippen LogP) is 3.96. The van der Waals surface area contributed by atoms with Crippen LogP contribution in [0.3, 0.4) is 0 Å². The summed E-state index contributed by atoms with van der Waals surface area (Å²) in [4.78, 5) is 3.54. The number of para-hydroxylation sites is 1. The summed E-state index contributed by atoms with van der Waals surface area (Å²) >= 11 is 5.24. The molecule has 96 valence electrons. The van der Waals surface area contributed by atoms with Crippen LogP contribution in [0.4, 0.5) is 5.69 Å². The van der Waals surface area contributed by atoms with Gasteiger partial charge in [0.15, 0.2) is 0 Å². The van der Waals surface area contributed by atoms with Crippen LogP contribution in [0.15, 0.2) is 40.2 Å². The fraction of sp³-hybridized carbons (Fsp3) is 0.286. The molecule has 0 aliphatic carbocycles. The number of nitrogens with two attached hydrogens (primary N) is 1. The van der Waals surface area contributed by atoms with Gasteiger partial charge in [0, 0.05) is 34.0 Å². The molecule has 18 heavy (non-hydrogen) atoms. The van der Waals surface area contributed by atoms with Gasteiger partial charge >= 0.3 is 0 Å². The monoisotopic (exact) mass is 324 g/mol. The largest absolute Gasteiger partial charge is 0.365 e. The summed E-state index contributed by atoms with van der Waals surface area (Å²) < 4.78 is 1.12. The molecule has 2 aromatic rings. The first-order valence-electron chi connectivity index (χ1n) is 5.86. The third-order valence-electron chi connectivity index (χ3n) is 3.10. The van der Waals surface area contributed by atoms with E-state index in [1.807, 2.05) is 0 Å². The maximum absolute atomic E-state index is 5.95. The Labute approximate surface area is 121 Å². The molecule has 2 N–H and O–H groups in total. The lowest BCUT2D eigenvalue weighted by molar-refractivity contribution is 0.691. The van der Waals surface area contributed by atoms with Crippen molar-refractivity contribution in [1.82, 2.24) is 0 Å². The first-order valence-corrected chi connectivity index (χ1v) is 7.53. The zero-order chi connectivity index (χ0) is 13.1. The molecule has 0 aliphatic rings. The second-order valence-corrected chi connectivity index (χ2v) is 6.17. The van der Waals surface area contributed by atoms with E-state index in [4.69, 9.17) is 5.73 Å². The van der Waals surface area contributed by atoms with Gasteiger partial charge < -0.3 is 10.6 Å². The van der Waals surface area contributed by atoms with E-state index in [-0.39, 0.29) is 6.04 Å². The van der Waals surface area contributed by atoms with Crippen molar-refractivity contribution in [2.75, 3.05) is 18.5 Å². The summed E-state index contributed by atoms with van der Waals surface area (Å²) in [7, 11) is 2.10. The molecule has 0 radical (unpaired) electrons. The van der Waals surface area contributed by atoms with E-state index in [0.29, 0.717) is 6.54 Å². The highest BCUT2D eigenvalue weighted by Gasteiger charge is 2.18. The van der Waals surface area contributed by atoms with Gasteiger partial charge in [-0.15, -0.1) is 11.3 Å². The molecule has 0 amide bonds. The molecule has 0 aliphatic heterocycles. The second kappa shape index (κ2) is 5.87. The van der Waals surface area contributed by atoms with Crippen LogP contribution in [0.1, 0.15) is 16.5 Å². The van der Waals surface area contributed by atoms with Gasteiger partial charge in [0.1, 0.15) is 0 Å². The van der Waals surface area contributed by atoms with Crippen molar-refractivity contribution in [3.8, 4) is 0 Å². The van der Waals surface area contributed by atoms with Crippen molar-refractivity contribution in [3.05, 3.63) is 50.6 Å². The number of hydrogen-bond acceptors (Lipinski definition) is 3. The molecule has 2 rings (SSSR count). The smallest absolute Gasteiger partial charge is 0.0754 e. The molecule has 0 saturated carbocycles. The minimum absolute atomic E-state index is 0.224. The van der Waals surface area contributed by atoms with Crippen molar-refractivity contribution in [2.45, 2.75) is 13.0 Å². The standard InChI is InChI=1S/C14H17BrN2S/c1-10-5-3-4-6-12(10)17(2)13(8-16)14-7-11(15)9-18-14/h3-7,9,13H,8,16H2,1-2H3. The molecule has 0 fully saturated rings. The van der Waals surface area contributed by atoms with Gasteiger partial charge in [-0.3, -0.25) is 0 Å². The third kappa shape index (κ3) is 2.76. The molecular formula is C14H17BrN2S. The van der Waals surface area contributed by atoms with Crippen molar-refractivity contribution in [1.29, 1.82) is 0 Å². The van der Waals surface area contributed by atoms with E-state index >= 15 is 0 Å². The van der Waals surface area contributed by atoms with Crippen molar-refractivity contribution in [3.63, 3.8) is 0 Å².